The maximum atomic E-state index is 9.12. The highest BCUT2D eigenvalue weighted by Crippen LogP contribution is 2.21. The lowest BCUT2D eigenvalue weighted by Crippen LogP contribution is -2.11. The van der Waals surface area contributed by atoms with Gasteiger partial charge in [-0.2, -0.15) is 5.26 Å². The number of nitrogens with zero attached hydrogens (tertiary/aromatic N) is 5. The summed E-state index contributed by atoms with van der Waals surface area (Å²) in [5, 5.41) is 12.9. The lowest BCUT2D eigenvalue weighted by molar-refractivity contribution is 0.724. The summed E-state index contributed by atoms with van der Waals surface area (Å²) < 4.78 is 1.95. The number of nitrogens with one attached hydrogen (secondary N) is 1. The van der Waals surface area contributed by atoms with Crippen molar-refractivity contribution in [3.05, 3.63) is 30.6 Å². The minimum absolute atomic E-state index is 0.496. The van der Waals surface area contributed by atoms with Gasteiger partial charge in [0.25, 0.3) is 0 Å². The number of aromatic nitrogens is 4. The third-order valence-corrected chi connectivity index (χ3v) is 3.04. The topological polar surface area (TPSA) is 79.4 Å². The van der Waals surface area contributed by atoms with Crippen molar-refractivity contribution < 1.29 is 0 Å². The van der Waals surface area contributed by atoms with Crippen LogP contribution in [0.1, 0.15) is 5.56 Å². The van der Waals surface area contributed by atoms with Crippen LogP contribution in [0, 0.1) is 11.3 Å². The Hall–Kier alpha value is -2.07. The molecule has 2 heterocycles. The number of imidazole rings is 1. The average Bonchev–Trinajstić information content (AvgIpc) is 2.91. The predicted octanol–water partition coefficient (Wildman–Crippen LogP) is 1.38. The molecule has 0 aliphatic carbocycles. The Morgan fingerprint density at radius 3 is 3.06 bits per heavy atom. The second kappa shape index (κ2) is 6.02. The van der Waals surface area contributed by atoms with Gasteiger partial charge in [0.05, 0.1) is 6.33 Å². The molecule has 1 N–H and O–H groups in total. The van der Waals surface area contributed by atoms with Crippen molar-refractivity contribution in [2.24, 2.45) is 0 Å². The normalized spacial score (nSPS) is 10.0. The van der Waals surface area contributed by atoms with Crippen LogP contribution in [0.4, 0.5) is 5.82 Å². The zero-order valence-electron chi connectivity index (χ0n) is 9.87. The Kier molecular flexibility index (Phi) is 4.15. The largest absolute Gasteiger partial charge is 0.367 e. The van der Waals surface area contributed by atoms with Crippen molar-refractivity contribution >= 4 is 17.6 Å². The van der Waals surface area contributed by atoms with Crippen molar-refractivity contribution in [3.8, 4) is 6.07 Å². The third-order valence-electron chi connectivity index (χ3n) is 2.34. The fourth-order valence-electron chi connectivity index (χ4n) is 1.48. The average molecular weight is 260 g/mol. The van der Waals surface area contributed by atoms with Gasteiger partial charge >= 0.3 is 0 Å². The molecule has 92 valence electrons. The summed E-state index contributed by atoms with van der Waals surface area (Å²) in [7, 11) is 0. The van der Waals surface area contributed by atoms with E-state index in [-0.39, 0.29) is 0 Å². The first-order valence-electron chi connectivity index (χ1n) is 5.34. The molecule has 0 aliphatic heterocycles. The highest BCUT2D eigenvalue weighted by Gasteiger charge is 2.09. The molecule has 0 radical (unpaired) electrons. The van der Waals surface area contributed by atoms with E-state index in [9.17, 15) is 0 Å². The molecule has 7 heteroatoms. The summed E-state index contributed by atoms with van der Waals surface area (Å²) in [6.07, 6.45) is 8.72. The number of hydrogen-bond donors (Lipinski definition) is 1. The molecule has 0 atom stereocenters. The van der Waals surface area contributed by atoms with Crippen molar-refractivity contribution in [1.82, 2.24) is 19.5 Å². The zero-order chi connectivity index (χ0) is 12.8. The molecule has 0 unspecified atom stereocenters. The highest BCUT2D eigenvalue weighted by atomic mass is 32.2. The van der Waals surface area contributed by atoms with Gasteiger partial charge in [0.15, 0.2) is 0 Å². The van der Waals surface area contributed by atoms with E-state index < -0.39 is 0 Å². The van der Waals surface area contributed by atoms with Crippen LogP contribution in [0.5, 0.6) is 0 Å². The van der Waals surface area contributed by atoms with Crippen LogP contribution >= 0.6 is 11.8 Å². The van der Waals surface area contributed by atoms with Crippen LogP contribution in [-0.4, -0.2) is 32.3 Å². The summed E-state index contributed by atoms with van der Waals surface area (Å²) in [5.74, 6) is 0.581. The van der Waals surface area contributed by atoms with E-state index in [0.717, 1.165) is 6.54 Å². The van der Waals surface area contributed by atoms with E-state index in [4.69, 9.17) is 5.26 Å². The van der Waals surface area contributed by atoms with Crippen LogP contribution in [0.2, 0.25) is 0 Å². The van der Waals surface area contributed by atoms with E-state index >= 15 is 0 Å². The van der Waals surface area contributed by atoms with Crippen LogP contribution in [0.25, 0.3) is 0 Å². The fourth-order valence-corrected chi connectivity index (χ4v) is 1.98. The van der Waals surface area contributed by atoms with E-state index in [0.29, 0.717) is 23.0 Å². The van der Waals surface area contributed by atoms with Crippen LogP contribution in [-0.2, 0) is 6.54 Å². The number of nitriles is 1. The zero-order valence-corrected chi connectivity index (χ0v) is 10.7. The summed E-state index contributed by atoms with van der Waals surface area (Å²) in [6, 6.07) is 2.13. The molecule has 0 saturated heterocycles. The Morgan fingerprint density at radius 1 is 1.50 bits per heavy atom. The SMILES string of the molecule is CSc1ncnc(NCCn2ccnc2)c1C#N. The van der Waals surface area contributed by atoms with Gasteiger partial charge in [-0.15, -0.1) is 11.8 Å². The van der Waals surface area contributed by atoms with Crippen molar-refractivity contribution in [2.45, 2.75) is 11.6 Å². The van der Waals surface area contributed by atoms with Gasteiger partial charge < -0.3 is 9.88 Å². The van der Waals surface area contributed by atoms with Gasteiger partial charge in [0.2, 0.25) is 0 Å². The number of anilines is 1. The van der Waals surface area contributed by atoms with Gasteiger partial charge in [-0.3, -0.25) is 0 Å². The summed E-state index contributed by atoms with van der Waals surface area (Å²) >= 11 is 1.44. The lowest BCUT2D eigenvalue weighted by atomic mass is 10.3. The Balaban J connectivity index is 2.03. The fraction of sp³-hybridized carbons (Fsp3) is 0.273. The number of rotatable bonds is 5. The van der Waals surface area contributed by atoms with Gasteiger partial charge in [0.1, 0.15) is 28.8 Å². The molecule has 0 amide bonds. The molecule has 0 saturated carbocycles. The Bertz CT molecular complexity index is 545. The molecule has 6 nitrogen and oxygen atoms in total. The van der Waals surface area contributed by atoms with Gasteiger partial charge in [-0.05, 0) is 6.26 Å². The third kappa shape index (κ3) is 2.78. The van der Waals surface area contributed by atoms with E-state index in [1.807, 2.05) is 17.0 Å². The molecule has 2 rings (SSSR count). The molecule has 2 aromatic rings. The molecular weight excluding hydrogens is 248 g/mol. The number of thioether (sulfide) groups is 1. The second-order valence-corrected chi connectivity index (χ2v) is 4.24. The number of hydrogen-bond acceptors (Lipinski definition) is 6. The van der Waals surface area contributed by atoms with Crippen LogP contribution in [0.15, 0.2) is 30.1 Å². The van der Waals surface area contributed by atoms with Crippen LogP contribution < -0.4 is 5.32 Å². The first-order chi connectivity index (χ1) is 8.85. The minimum atomic E-state index is 0.496. The molecule has 0 spiro atoms. The standard InChI is InChI=1S/C11H12N6S/c1-18-11-9(6-12)10(15-7-16-11)14-3-5-17-4-2-13-8-17/h2,4,7-8H,3,5H2,1H3,(H,14,15,16). The molecule has 0 fully saturated rings. The second-order valence-electron chi connectivity index (χ2n) is 3.45. The summed E-state index contributed by atoms with van der Waals surface area (Å²) in [6.45, 7) is 1.44. The predicted molar refractivity (Wildman–Crippen MR) is 69.2 cm³/mol. The molecule has 0 bridgehead atoms. The smallest absolute Gasteiger partial charge is 0.148 e. The summed E-state index contributed by atoms with van der Waals surface area (Å²) in [5.41, 5.74) is 0.496. The molecular formula is C11H12N6S. The molecule has 0 aromatic carbocycles. The van der Waals surface area contributed by atoms with Crippen molar-refractivity contribution in [2.75, 3.05) is 18.1 Å². The molecule has 0 aliphatic rings. The van der Waals surface area contributed by atoms with E-state index in [2.05, 4.69) is 26.3 Å². The first-order valence-corrected chi connectivity index (χ1v) is 6.56. The van der Waals surface area contributed by atoms with Gasteiger partial charge in [-0.1, -0.05) is 0 Å². The van der Waals surface area contributed by atoms with E-state index in [1.54, 1.807) is 12.5 Å². The van der Waals surface area contributed by atoms with E-state index in [1.165, 1.54) is 18.1 Å². The summed E-state index contributed by atoms with van der Waals surface area (Å²) in [4.78, 5) is 12.1. The molecule has 18 heavy (non-hydrogen) atoms. The van der Waals surface area contributed by atoms with Gasteiger partial charge in [0, 0.05) is 25.5 Å². The first kappa shape index (κ1) is 12.4. The maximum Gasteiger partial charge on any atom is 0.148 e. The van der Waals surface area contributed by atoms with Crippen molar-refractivity contribution in [3.63, 3.8) is 0 Å². The molecule has 2 aromatic heterocycles. The van der Waals surface area contributed by atoms with Gasteiger partial charge in [-0.25, -0.2) is 15.0 Å². The quantitative estimate of drug-likeness (QED) is 0.646. The van der Waals surface area contributed by atoms with Crippen LogP contribution in [0.3, 0.4) is 0 Å². The lowest BCUT2D eigenvalue weighted by Gasteiger charge is -2.08. The minimum Gasteiger partial charge on any atom is -0.367 e. The highest BCUT2D eigenvalue weighted by molar-refractivity contribution is 7.98. The maximum absolute atomic E-state index is 9.12. The monoisotopic (exact) mass is 260 g/mol. The Labute approximate surface area is 109 Å². The van der Waals surface area contributed by atoms with Crippen molar-refractivity contribution in [1.29, 1.82) is 5.26 Å². The Morgan fingerprint density at radius 2 is 2.39 bits per heavy atom.